The van der Waals surface area contributed by atoms with Gasteiger partial charge in [0.25, 0.3) is 0 Å². The molecule has 0 bridgehead atoms. The van der Waals surface area contributed by atoms with Gasteiger partial charge in [-0.2, -0.15) is 23.1 Å². The summed E-state index contributed by atoms with van der Waals surface area (Å²) in [7, 11) is 0. The standard InChI is InChI=1S/C12H7ClF3N5/c13-11-20-9-8(17-5-18-9)10(21-11)19-7-3-1-6(2-4-7)12(14,15)16/h1-5H,(H2,17,18,19,20,21). The van der Waals surface area contributed by atoms with Gasteiger partial charge in [0, 0.05) is 5.69 Å². The lowest BCUT2D eigenvalue weighted by Gasteiger charge is -2.09. The molecule has 0 unspecified atom stereocenters. The van der Waals surface area contributed by atoms with Crippen LogP contribution < -0.4 is 5.32 Å². The number of anilines is 2. The number of imidazole rings is 1. The van der Waals surface area contributed by atoms with Gasteiger partial charge in [-0.15, -0.1) is 0 Å². The molecule has 0 amide bonds. The number of alkyl halides is 3. The molecule has 0 saturated heterocycles. The second-order valence-electron chi connectivity index (χ2n) is 4.14. The van der Waals surface area contributed by atoms with E-state index in [1.807, 2.05) is 0 Å². The van der Waals surface area contributed by atoms with Crippen LogP contribution in [0.4, 0.5) is 24.7 Å². The van der Waals surface area contributed by atoms with Crippen LogP contribution in [0.15, 0.2) is 30.6 Å². The molecule has 2 aromatic heterocycles. The molecule has 0 aliphatic rings. The Bertz CT molecular complexity index is 782. The van der Waals surface area contributed by atoms with E-state index in [2.05, 4.69) is 25.3 Å². The van der Waals surface area contributed by atoms with Crippen LogP contribution in [0.5, 0.6) is 0 Å². The number of hydrogen-bond acceptors (Lipinski definition) is 4. The SMILES string of the molecule is FC(F)(F)c1ccc(Nc2nc(Cl)nc3nc[nH]c23)cc1. The van der Waals surface area contributed by atoms with Crippen molar-refractivity contribution in [3.63, 3.8) is 0 Å². The number of benzene rings is 1. The minimum Gasteiger partial charge on any atom is -0.340 e. The van der Waals surface area contributed by atoms with E-state index in [0.717, 1.165) is 12.1 Å². The van der Waals surface area contributed by atoms with Crippen LogP contribution in [0.2, 0.25) is 5.28 Å². The van der Waals surface area contributed by atoms with Crippen LogP contribution in [-0.4, -0.2) is 19.9 Å². The smallest absolute Gasteiger partial charge is 0.340 e. The average Bonchev–Trinajstić information content (AvgIpc) is 2.86. The number of halogens is 4. The van der Waals surface area contributed by atoms with Crippen molar-refractivity contribution in [2.75, 3.05) is 5.32 Å². The van der Waals surface area contributed by atoms with Crippen molar-refractivity contribution < 1.29 is 13.2 Å². The van der Waals surface area contributed by atoms with Gasteiger partial charge in [-0.05, 0) is 35.9 Å². The fraction of sp³-hybridized carbons (Fsp3) is 0.0833. The first-order valence-corrected chi connectivity index (χ1v) is 6.12. The highest BCUT2D eigenvalue weighted by Crippen LogP contribution is 2.30. The minimum absolute atomic E-state index is 0.0102. The Hall–Kier alpha value is -2.35. The van der Waals surface area contributed by atoms with Crippen LogP contribution in [0.1, 0.15) is 5.56 Å². The number of nitrogens with one attached hydrogen (secondary N) is 2. The summed E-state index contributed by atoms with van der Waals surface area (Å²) in [5.74, 6) is 0.335. The van der Waals surface area contributed by atoms with E-state index in [-0.39, 0.29) is 5.28 Å². The molecule has 2 N–H and O–H groups in total. The molecule has 0 aliphatic heterocycles. The second-order valence-corrected chi connectivity index (χ2v) is 4.48. The summed E-state index contributed by atoms with van der Waals surface area (Å²) < 4.78 is 37.5. The van der Waals surface area contributed by atoms with E-state index in [4.69, 9.17) is 11.6 Å². The summed E-state index contributed by atoms with van der Waals surface area (Å²) in [5.41, 5.74) is 0.595. The lowest BCUT2D eigenvalue weighted by Crippen LogP contribution is -2.04. The Labute approximate surface area is 121 Å². The molecule has 9 heteroatoms. The molecule has 1 aromatic carbocycles. The van der Waals surface area contributed by atoms with Gasteiger partial charge < -0.3 is 10.3 Å². The van der Waals surface area contributed by atoms with Gasteiger partial charge in [-0.1, -0.05) is 0 Å². The van der Waals surface area contributed by atoms with Crippen LogP contribution in [0.25, 0.3) is 11.2 Å². The minimum atomic E-state index is -4.37. The summed E-state index contributed by atoms with van der Waals surface area (Å²) in [6.07, 6.45) is -2.94. The number of H-pyrrole nitrogens is 1. The lowest BCUT2D eigenvalue weighted by atomic mass is 10.2. The van der Waals surface area contributed by atoms with Gasteiger partial charge in [0.05, 0.1) is 11.9 Å². The number of aromatic nitrogens is 4. The molecule has 3 aromatic rings. The zero-order valence-corrected chi connectivity index (χ0v) is 11.0. The summed E-state index contributed by atoms with van der Waals surface area (Å²) in [6.45, 7) is 0. The summed E-state index contributed by atoms with van der Waals surface area (Å²) in [4.78, 5) is 14.7. The van der Waals surface area contributed by atoms with Crippen molar-refractivity contribution in [3.8, 4) is 0 Å². The molecule has 21 heavy (non-hydrogen) atoms. The van der Waals surface area contributed by atoms with Crippen molar-refractivity contribution in [3.05, 3.63) is 41.4 Å². The normalized spacial score (nSPS) is 11.8. The summed E-state index contributed by atoms with van der Waals surface area (Å²) in [6, 6.07) is 4.58. The number of rotatable bonds is 2. The lowest BCUT2D eigenvalue weighted by molar-refractivity contribution is -0.137. The van der Waals surface area contributed by atoms with Crippen molar-refractivity contribution >= 4 is 34.3 Å². The van der Waals surface area contributed by atoms with Gasteiger partial charge in [0.1, 0.15) is 5.52 Å². The molecule has 0 saturated carbocycles. The highest BCUT2D eigenvalue weighted by Gasteiger charge is 2.29. The molecule has 0 fully saturated rings. The predicted molar refractivity (Wildman–Crippen MR) is 71.4 cm³/mol. The van der Waals surface area contributed by atoms with E-state index in [9.17, 15) is 13.2 Å². The zero-order chi connectivity index (χ0) is 15.0. The zero-order valence-electron chi connectivity index (χ0n) is 10.2. The first kappa shape index (κ1) is 13.6. The largest absolute Gasteiger partial charge is 0.416 e. The molecule has 5 nitrogen and oxygen atoms in total. The predicted octanol–water partition coefficient (Wildman–Crippen LogP) is 3.77. The van der Waals surface area contributed by atoms with Gasteiger partial charge in [-0.25, -0.2) is 4.98 Å². The third kappa shape index (κ3) is 2.75. The summed E-state index contributed by atoms with van der Waals surface area (Å²) >= 11 is 5.77. The maximum atomic E-state index is 12.5. The maximum Gasteiger partial charge on any atom is 0.416 e. The van der Waals surface area contributed by atoms with E-state index in [1.165, 1.54) is 18.5 Å². The van der Waals surface area contributed by atoms with E-state index in [0.29, 0.717) is 22.7 Å². The molecule has 3 rings (SSSR count). The highest BCUT2D eigenvalue weighted by atomic mass is 35.5. The van der Waals surface area contributed by atoms with Gasteiger partial charge >= 0.3 is 6.18 Å². The Morgan fingerprint density at radius 1 is 1.10 bits per heavy atom. The van der Waals surface area contributed by atoms with Crippen molar-refractivity contribution in [1.82, 2.24) is 19.9 Å². The number of aromatic amines is 1. The molecule has 2 heterocycles. The molecule has 108 valence electrons. The number of fused-ring (bicyclic) bond motifs is 1. The van der Waals surface area contributed by atoms with E-state index in [1.54, 1.807) is 0 Å². The fourth-order valence-electron chi connectivity index (χ4n) is 1.78. The van der Waals surface area contributed by atoms with Crippen LogP contribution in [-0.2, 0) is 6.18 Å². The molecule has 0 atom stereocenters. The number of nitrogens with zero attached hydrogens (tertiary/aromatic N) is 3. The molecule has 0 spiro atoms. The van der Waals surface area contributed by atoms with Crippen molar-refractivity contribution in [2.24, 2.45) is 0 Å². The first-order chi connectivity index (χ1) is 9.93. The van der Waals surface area contributed by atoms with E-state index >= 15 is 0 Å². The molecule has 0 radical (unpaired) electrons. The monoisotopic (exact) mass is 313 g/mol. The van der Waals surface area contributed by atoms with Crippen LogP contribution in [0.3, 0.4) is 0 Å². The first-order valence-electron chi connectivity index (χ1n) is 5.74. The molecular weight excluding hydrogens is 307 g/mol. The third-order valence-corrected chi connectivity index (χ3v) is 2.90. The van der Waals surface area contributed by atoms with Crippen molar-refractivity contribution in [1.29, 1.82) is 0 Å². The Morgan fingerprint density at radius 2 is 1.81 bits per heavy atom. The average molecular weight is 314 g/mol. The molecule has 0 aliphatic carbocycles. The fourth-order valence-corrected chi connectivity index (χ4v) is 1.94. The Kier molecular flexibility index (Phi) is 3.17. The number of hydrogen-bond donors (Lipinski definition) is 2. The summed E-state index contributed by atoms with van der Waals surface area (Å²) in [5, 5.41) is 2.87. The molecular formula is C12H7ClF3N5. The van der Waals surface area contributed by atoms with E-state index < -0.39 is 11.7 Å². The van der Waals surface area contributed by atoms with Crippen LogP contribution >= 0.6 is 11.6 Å². The quantitative estimate of drug-likeness (QED) is 0.707. The second kappa shape index (κ2) is 4.88. The third-order valence-electron chi connectivity index (χ3n) is 2.73. The van der Waals surface area contributed by atoms with Crippen LogP contribution in [0, 0.1) is 0 Å². The van der Waals surface area contributed by atoms with Crippen molar-refractivity contribution in [2.45, 2.75) is 6.18 Å². The Morgan fingerprint density at radius 3 is 2.48 bits per heavy atom. The highest BCUT2D eigenvalue weighted by molar-refractivity contribution is 6.28. The van der Waals surface area contributed by atoms with Gasteiger partial charge in [-0.3, -0.25) is 0 Å². The topological polar surface area (TPSA) is 66.5 Å². The van der Waals surface area contributed by atoms with Gasteiger partial charge in [0.2, 0.25) is 5.28 Å². The Balaban J connectivity index is 1.93. The maximum absolute atomic E-state index is 12.5. The van der Waals surface area contributed by atoms with Gasteiger partial charge in [0.15, 0.2) is 11.5 Å².